The Morgan fingerprint density at radius 3 is 2.76 bits per heavy atom. The summed E-state index contributed by atoms with van der Waals surface area (Å²) in [4.78, 5) is 26.0. The van der Waals surface area contributed by atoms with Crippen LogP contribution in [0, 0.1) is 0 Å². The van der Waals surface area contributed by atoms with Crippen LogP contribution >= 0.6 is 11.3 Å². The van der Waals surface area contributed by atoms with Crippen LogP contribution in [-0.2, 0) is 19.4 Å². The number of thiophene rings is 1. The van der Waals surface area contributed by atoms with Crippen LogP contribution in [-0.4, -0.2) is 15.7 Å². The zero-order chi connectivity index (χ0) is 20.2. The van der Waals surface area contributed by atoms with Gasteiger partial charge in [-0.15, -0.1) is 11.3 Å². The van der Waals surface area contributed by atoms with Gasteiger partial charge in [-0.2, -0.15) is 5.10 Å². The lowest BCUT2D eigenvalue weighted by Gasteiger charge is -2.22. The van der Waals surface area contributed by atoms with Gasteiger partial charge in [0, 0.05) is 17.5 Å². The molecule has 29 heavy (non-hydrogen) atoms. The van der Waals surface area contributed by atoms with E-state index in [0.717, 1.165) is 29.7 Å². The van der Waals surface area contributed by atoms with Gasteiger partial charge in [-0.05, 0) is 66.3 Å². The SMILES string of the molecule is CCCn1nc(C(=O)NC(c2ccc3c(c2)CCCC3)c2cccs2)ccc1=O. The molecule has 1 unspecified atom stereocenters. The van der Waals surface area contributed by atoms with E-state index < -0.39 is 0 Å². The van der Waals surface area contributed by atoms with Crippen molar-refractivity contribution in [1.29, 1.82) is 0 Å². The number of fused-ring (bicyclic) bond motifs is 1. The number of carbonyl (C=O) groups excluding carboxylic acids is 1. The van der Waals surface area contributed by atoms with Crippen LogP contribution in [0.4, 0.5) is 0 Å². The van der Waals surface area contributed by atoms with Gasteiger partial charge in [0.25, 0.3) is 11.5 Å². The molecule has 5 nitrogen and oxygen atoms in total. The zero-order valence-electron chi connectivity index (χ0n) is 16.6. The predicted octanol–water partition coefficient (Wildman–Crippen LogP) is 4.11. The molecule has 2 heterocycles. The minimum absolute atomic E-state index is 0.187. The van der Waals surface area contributed by atoms with Crippen molar-refractivity contribution >= 4 is 17.2 Å². The van der Waals surface area contributed by atoms with Crippen molar-refractivity contribution in [2.45, 2.75) is 51.6 Å². The second-order valence-electron chi connectivity index (χ2n) is 7.44. The Labute approximate surface area is 174 Å². The smallest absolute Gasteiger partial charge is 0.272 e. The molecule has 1 atom stereocenters. The summed E-state index contributed by atoms with van der Waals surface area (Å²) in [5.41, 5.74) is 3.97. The average Bonchev–Trinajstić information content (AvgIpc) is 3.28. The highest BCUT2D eigenvalue weighted by Gasteiger charge is 2.21. The molecule has 0 spiro atoms. The molecule has 0 radical (unpaired) electrons. The molecule has 1 aromatic carbocycles. The van der Waals surface area contributed by atoms with E-state index in [-0.39, 0.29) is 23.2 Å². The Kier molecular flexibility index (Phi) is 5.90. The summed E-state index contributed by atoms with van der Waals surface area (Å²) in [6.45, 7) is 2.48. The molecule has 1 aliphatic carbocycles. The Morgan fingerprint density at radius 2 is 2.00 bits per heavy atom. The van der Waals surface area contributed by atoms with Gasteiger partial charge >= 0.3 is 0 Å². The van der Waals surface area contributed by atoms with Gasteiger partial charge in [-0.25, -0.2) is 4.68 Å². The van der Waals surface area contributed by atoms with Gasteiger partial charge in [0.15, 0.2) is 0 Å². The highest BCUT2D eigenvalue weighted by Crippen LogP contribution is 2.30. The molecule has 1 N–H and O–H groups in total. The summed E-state index contributed by atoms with van der Waals surface area (Å²) < 4.78 is 1.36. The van der Waals surface area contributed by atoms with E-state index in [1.165, 1.54) is 40.8 Å². The van der Waals surface area contributed by atoms with Crippen molar-refractivity contribution < 1.29 is 4.79 Å². The molecule has 4 rings (SSSR count). The second kappa shape index (κ2) is 8.74. The van der Waals surface area contributed by atoms with Crippen LogP contribution in [0.15, 0.2) is 52.6 Å². The lowest BCUT2D eigenvalue weighted by Crippen LogP contribution is -2.32. The van der Waals surface area contributed by atoms with Gasteiger partial charge in [0.1, 0.15) is 5.69 Å². The highest BCUT2D eigenvalue weighted by atomic mass is 32.1. The van der Waals surface area contributed by atoms with E-state index in [4.69, 9.17) is 0 Å². The van der Waals surface area contributed by atoms with Crippen LogP contribution in [0.1, 0.15) is 64.3 Å². The number of rotatable bonds is 6. The van der Waals surface area contributed by atoms with E-state index in [1.807, 2.05) is 24.4 Å². The van der Waals surface area contributed by atoms with Gasteiger partial charge < -0.3 is 5.32 Å². The van der Waals surface area contributed by atoms with E-state index >= 15 is 0 Å². The molecule has 0 fully saturated rings. The molecule has 2 aromatic heterocycles. The van der Waals surface area contributed by atoms with E-state index in [9.17, 15) is 9.59 Å². The number of nitrogens with zero attached hydrogens (tertiary/aromatic N) is 2. The fourth-order valence-corrected chi connectivity index (χ4v) is 4.66. The topological polar surface area (TPSA) is 64.0 Å². The van der Waals surface area contributed by atoms with Crippen LogP contribution in [0.3, 0.4) is 0 Å². The van der Waals surface area contributed by atoms with Crippen molar-refractivity contribution in [2.75, 3.05) is 0 Å². The monoisotopic (exact) mass is 407 g/mol. The maximum atomic E-state index is 13.0. The molecule has 1 amide bonds. The van der Waals surface area contributed by atoms with Crippen LogP contribution in [0.25, 0.3) is 0 Å². The van der Waals surface area contributed by atoms with Crippen LogP contribution < -0.4 is 10.9 Å². The van der Waals surface area contributed by atoms with E-state index in [2.05, 4.69) is 28.6 Å². The molecule has 0 aliphatic heterocycles. The molecule has 0 bridgehead atoms. The second-order valence-corrected chi connectivity index (χ2v) is 8.42. The summed E-state index contributed by atoms with van der Waals surface area (Å²) in [5.74, 6) is -0.272. The Hall–Kier alpha value is -2.73. The van der Waals surface area contributed by atoms with Gasteiger partial charge in [-0.3, -0.25) is 9.59 Å². The first kappa shape index (κ1) is 19.6. The van der Waals surface area contributed by atoms with Crippen LogP contribution in [0.2, 0.25) is 0 Å². The van der Waals surface area contributed by atoms with E-state index in [0.29, 0.717) is 6.54 Å². The van der Waals surface area contributed by atoms with E-state index in [1.54, 1.807) is 11.3 Å². The van der Waals surface area contributed by atoms with Crippen molar-refractivity contribution in [3.8, 4) is 0 Å². The summed E-state index contributed by atoms with van der Waals surface area (Å²) >= 11 is 1.62. The Bertz CT molecular complexity index is 1060. The molecular formula is C23H25N3O2S. The van der Waals surface area contributed by atoms with Gasteiger partial charge in [0.05, 0.1) is 6.04 Å². The maximum absolute atomic E-state index is 13.0. The minimum Gasteiger partial charge on any atom is -0.339 e. The largest absolute Gasteiger partial charge is 0.339 e. The molecule has 3 aromatic rings. The Morgan fingerprint density at radius 1 is 1.17 bits per heavy atom. The molecule has 0 saturated heterocycles. The van der Waals surface area contributed by atoms with Crippen molar-refractivity contribution in [3.05, 3.63) is 85.5 Å². The van der Waals surface area contributed by atoms with Crippen LogP contribution in [0.5, 0.6) is 0 Å². The zero-order valence-corrected chi connectivity index (χ0v) is 17.4. The average molecular weight is 408 g/mol. The molecule has 6 heteroatoms. The third kappa shape index (κ3) is 4.32. The molecule has 150 valence electrons. The maximum Gasteiger partial charge on any atom is 0.272 e. The first-order valence-electron chi connectivity index (χ1n) is 10.2. The first-order valence-corrected chi connectivity index (χ1v) is 11.1. The van der Waals surface area contributed by atoms with Gasteiger partial charge in [-0.1, -0.05) is 31.2 Å². The van der Waals surface area contributed by atoms with Crippen molar-refractivity contribution in [1.82, 2.24) is 15.1 Å². The summed E-state index contributed by atoms with van der Waals surface area (Å²) in [6.07, 6.45) is 5.48. The predicted molar refractivity (Wildman–Crippen MR) is 116 cm³/mol. The minimum atomic E-state index is -0.272. The normalized spacial score (nSPS) is 14.2. The molecule has 0 saturated carbocycles. The third-order valence-corrected chi connectivity index (χ3v) is 6.28. The lowest BCUT2D eigenvalue weighted by molar-refractivity contribution is 0.0935. The number of amides is 1. The lowest BCUT2D eigenvalue weighted by atomic mass is 9.89. The fourth-order valence-electron chi connectivity index (χ4n) is 3.85. The number of hydrogen-bond donors (Lipinski definition) is 1. The number of benzene rings is 1. The highest BCUT2D eigenvalue weighted by molar-refractivity contribution is 7.10. The number of aromatic nitrogens is 2. The number of nitrogens with one attached hydrogen (secondary N) is 1. The van der Waals surface area contributed by atoms with Crippen molar-refractivity contribution in [2.24, 2.45) is 0 Å². The quantitative estimate of drug-likeness (QED) is 0.669. The molecular weight excluding hydrogens is 382 g/mol. The first-order chi connectivity index (χ1) is 14.2. The standard InChI is InChI=1S/C23H25N3O2S/c1-2-13-26-21(27)12-11-19(25-26)23(28)24-22(20-8-5-14-29-20)18-10-9-16-6-3-4-7-17(16)15-18/h5,8-12,14-15,22H,2-4,6-7,13H2,1H3,(H,24,28). The fraction of sp³-hybridized carbons (Fsp3) is 0.348. The number of carbonyl (C=O) groups is 1. The third-order valence-electron chi connectivity index (χ3n) is 5.34. The summed E-state index contributed by atoms with van der Waals surface area (Å²) in [5, 5.41) is 9.42. The number of aryl methyl sites for hydroxylation is 3. The summed E-state index contributed by atoms with van der Waals surface area (Å²) in [6, 6.07) is 13.3. The van der Waals surface area contributed by atoms with Gasteiger partial charge in [0.2, 0.25) is 0 Å². The number of hydrogen-bond acceptors (Lipinski definition) is 4. The summed E-state index contributed by atoms with van der Waals surface area (Å²) in [7, 11) is 0. The molecule has 1 aliphatic rings. The Balaban J connectivity index is 1.64. The van der Waals surface area contributed by atoms with Crippen molar-refractivity contribution in [3.63, 3.8) is 0 Å².